The number of hydrogen-bond acceptors (Lipinski definition) is 5. The molecule has 1 fully saturated rings. The van der Waals surface area contributed by atoms with Crippen LogP contribution in [0.5, 0.6) is 5.75 Å². The Kier molecular flexibility index (Phi) is 6.97. The Hall–Kier alpha value is -2.73. The Balaban J connectivity index is 1.33. The van der Waals surface area contributed by atoms with E-state index in [0.29, 0.717) is 32.9 Å². The molecule has 1 saturated heterocycles. The van der Waals surface area contributed by atoms with E-state index in [1.807, 2.05) is 24.3 Å². The summed E-state index contributed by atoms with van der Waals surface area (Å²) in [6, 6.07) is 16.2. The Morgan fingerprint density at radius 3 is 2.58 bits per heavy atom. The molecule has 2 heterocycles. The van der Waals surface area contributed by atoms with Gasteiger partial charge >= 0.3 is 0 Å². The molecule has 0 atom stereocenters. The van der Waals surface area contributed by atoms with E-state index in [-0.39, 0.29) is 12.4 Å². The molecule has 0 aliphatic carbocycles. The molecule has 160 valence electrons. The minimum atomic E-state index is -0.0894. The molecule has 0 amide bonds. The Labute approximate surface area is 190 Å². The molecule has 0 saturated carbocycles. The molecule has 5 nitrogen and oxygen atoms in total. The van der Waals surface area contributed by atoms with Crippen LogP contribution in [-0.4, -0.2) is 32.1 Å². The average Bonchev–Trinajstić information content (AvgIpc) is 3.26. The van der Waals surface area contributed by atoms with E-state index in [9.17, 15) is 4.79 Å². The number of morpholine rings is 1. The predicted octanol–water partition coefficient (Wildman–Crippen LogP) is 5.90. The molecule has 7 heteroatoms. The van der Waals surface area contributed by atoms with E-state index >= 15 is 0 Å². The summed E-state index contributed by atoms with van der Waals surface area (Å²) in [6.45, 7) is 3.38. The minimum absolute atomic E-state index is 0.0894. The molecule has 31 heavy (non-hydrogen) atoms. The molecule has 4 rings (SSSR count). The van der Waals surface area contributed by atoms with E-state index in [1.54, 1.807) is 36.4 Å². The summed E-state index contributed by atoms with van der Waals surface area (Å²) >= 11 is 12.1. The van der Waals surface area contributed by atoms with Crippen LogP contribution in [0.4, 0.5) is 5.69 Å². The number of benzene rings is 2. The fourth-order valence-corrected chi connectivity index (χ4v) is 3.54. The van der Waals surface area contributed by atoms with Gasteiger partial charge in [0.05, 0.1) is 18.2 Å². The monoisotopic (exact) mass is 457 g/mol. The molecular formula is C24H21Cl2NO4. The van der Waals surface area contributed by atoms with Crippen LogP contribution in [0.15, 0.2) is 65.1 Å². The Bertz CT molecular complexity index is 1070. The maximum Gasteiger partial charge on any atom is 0.185 e. The second kappa shape index (κ2) is 10.1. The highest BCUT2D eigenvalue weighted by Crippen LogP contribution is 2.28. The van der Waals surface area contributed by atoms with Crippen LogP contribution in [0, 0.1) is 0 Å². The van der Waals surface area contributed by atoms with Gasteiger partial charge in [0.25, 0.3) is 0 Å². The SMILES string of the molecule is O=C(/C=C/c1ccc(COc2cc(Cl)ccc2Cl)o1)c1ccc(N2CCOCC2)cc1. The second-order valence-electron chi connectivity index (χ2n) is 7.01. The van der Waals surface area contributed by atoms with E-state index < -0.39 is 0 Å². The minimum Gasteiger partial charge on any atom is -0.484 e. The fraction of sp³-hybridized carbons (Fsp3) is 0.208. The zero-order chi connectivity index (χ0) is 21.6. The van der Waals surface area contributed by atoms with Gasteiger partial charge in [-0.2, -0.15) is 0 Å². The highest BCUT2D eigenvalue weighted by Gasteiger charge is 2.12. The summed E-state index contributed by atoms with van der Waals surface area (Å²) in [7, 11) is 0. The Morgan fingerprint density at radius 2 is 1.81 bits per heavy atom. The molecule has 2 aromatic carbocycles. The summed E-state index contributed by atoms with van der Waals surface area (Å²) in [5.41, 5.74) is 1.72. The summed E-state index contributed by atoms with van der Waals surface area (Å²) in [5, 5.41) is 1.01. The standard InChI is InChI=1S/C24H21Cl2NO4/c25-18-3-9-22(26)24(15-18)30-16-21-7-6-20(31-21)8-10-23(28)17-1-4-19(5-2-17)27-11-13-29-14-12-27/h1-10,15H,11-14,16H2/b10-8+. The molecule has 0 spiro atoms. The number of rotatable bonds is 7. The van der Waals surface area contributed by atoms with E-state index in [2.05, 4.69) is 4.90 Å². The molecule has 3 aromatic rings. The highest BCUT2D eigenvalue weighted by molar-refractivity contribution is 6.34. The van der Waals surface area contributed by atoms with Gasteiger partial charge in [0.1, 0.15) is 23.9 Å². The third-order valence-electron chi connectivity index (χ3n) is 4.87. The number of anilines is 1. The first-order chi connectivity index (χ1) is 15.1. The largest absolute Gasteiger partial charge is 0.484 e. The van der Waals surface area contributed by atoms with Crippen molar-refractivity contribution in [2.75, 3.05) is 31.2 Å². The van der Waals surface area contributed by atoms with E-state index in [4.69, 9.17) is 37.1 Å². The third kappa shape index (κ3) is 5.70. The lowest BCUT2D eigenvalue weighted by Crippen LogP contribution is -2.36. The molecular weight excluding hydrogens is 437 g/mol. The predicted molar refractivity (Wildman–Crippen MR) is 122 cm³/mol. The normalized spacial score (nSPS) is 14.2. The van der Waals surface area contributed by atoms with E-state index in [0.717, 1.165) is 32.0 Å². The summed E-state index contributed by atoms with van der Waals surface area (Å²) in [4.78, 5) is 14.7. The summed E-state index contributed by atoms with van der Waals surface area (Å²) in [5.74, 6) is 1.57. The van der Waals surface area contributed by atoms with Crippen LogP contribution in [0.2, 0.25) is 10.0 Å². The zero-order valence-corrected chi connectivity index (χ0v) is 18.2. The fourth-order valence-electron chi connectivity index (χ4n) is 3.21. The molecule has 1 aliphatic heterocycles. The smallest absolute Gasteiger partial charge is 0.185 e. The van der Waals surface area contributed by atoms with Crippen molar-refractivity contribution in [1.82, 2.24) is 0 Å². The second-order valence-corrected chi connectivity index (χ2v) is 7.86. The van der Waals surface area contributed by atoms with Crippen LogP contribution in [0.1, 0.15) is 21.9 Å². The van der Waals surface area contributed by atoms with Crippen molar-refractivity contribution in [3.05, 3.63) is 87.8 Å². The lowest BCUT2D eigenvalue weighted by atomic mass is 10.1. The highest BCUT2D eigenvalue weighted by atomic mass is 35.5. The van der Waals surface area contributed by atoms with Gasteiger partial charge in [-0.3, -0.25) is 4.79 Å². The molecule has 0 bridgehead atoms. The molecule has 1 aromatic heterocycles. The molecule has 0 N–H and O–H groups in total. The van der Waals surface area contributed by atoms with Gasteiger partial charge in [0, 0.05) is 35.4 Å². The van der Waals surface area contributed by atoms with Gasteiger partial charge in [-0.15, -0.1) is 0 Å². The Morgan fingerprint density at radius 1 is 1.03 bits per heavy atom. The van der Waals surface area contributed by atoms with Gasteiger partial charge in [-0.1, -0.05) is 23.2 Å². The van der Waals surface area contributed by atoms with Crippen molar-refractivity contribution < 1.29 is 18.7 Å². The first-order valence-corrected chi connectivity index (χ1v) is 10.7. The number of carbonyl (C=O) groups is 1. The van der Waals surface area contributed by atoms with Gasteiger partial charge in [0.2, 0.25) is 0 Å². The van der Waals surface area contributed by atoms with Gasteiger partial charge in [0.15, 0.2) is 5.78 Å². The van der Waals surface area contributed by atoms with Crippen molar-refractivity contribution in [3.8, 4) is 5.75 Å². The first kappa shape index (κ1) is 21.5. The van der Waals surface area contributed by atoms with Gasteiger partial charge in [-0.25, -0.2) is 0 Å². The molecule has 0 radical (unpaired) electrons. The van der Waals surface area contributed by atoms with Crippen molar-refractivity contribution >= 4 is 40.7 Å². The lowest BCUT2D eigenvalue weighted by Gasteiger charge is -2.28. The lowest BCUT2D eigenvalue weighted by molar-refractivity contribution is 0.104. The summed E-state index contributed by atoms with van der Waals surface area (Å²) < 4.78 is 16.7. The molecule has 0 unspecified atom stereocenters. The first-order valence-electron chi connectivity index (χ1n) is 9.90. The number of ketones is 1. The van der Waals surface area contributed by atoms with Gasteiger partial charge < -0.3 is 18.8 Å². The van der Waals surface area contributed by atoms with Crippen molar-refractivity contribution in [2.24, 2.45) is 0 Å². The number of halogens is 2. The van der Waals surface area contributed by atoms with Crippen molar-refractivity contribution in [2.45, 2.75) is 6.61 Å². The number of carbonyl (C=O) groups excluding carboxylic acids is 1. The van der Waals surface area contributed by atoms with Crippen LogP contribution < -0.4 is 9.64 Å². The number of furan rings is 1. The topological polar surface area (TPSA) is 51.9 Å². The maximum absolute atomic E-state index is 12.5. The van der Waals surface area contributed by atoms with Crippen molar-refractivity contribution in [1.29, 1.82) is 0 Å². The number of hydrogen-bond donors (Lipinski definition) is 0. The van der Waals surface area contributed by atoms with Crippen LogP contribution in [0.3, 0.4) is 0 Å². The van der Waals surface area contributed by atoms with Crippen LogP contribution >= 0.6 is 23.2 Å². The van der Waals surface area contributed by atoms with Crippen LogP contribution in [-0.2, 0) is 11.3 Å². The third-order valence-corrected chi connectivity index (χ3v) is 5.42. The van der Waals surface area contributed by atoms with Crippen molar-refractivity contribution in [3.63, 3.8) is 0 Å². The van der Waals surface area contributed by atoms with Gasteiger partial charge in [-0.05, 0) is 60.7 Å². The number of ether oxygens (including phenoxy) is 2. The average molecular weight is 458 g/mol. The zero-order valence-electron chi connectivity index (χ0n) is 16.7. The number of nitrogens with zero attached hydrogens (tertiary/aromatic N) is 1. The maximum atomic E-state index is 12.5. The van der Waals surface area contributed by atoms with Crippen LogP contribution in [0.25, 0.3) is 6.08 Å². The number of allylic oxidation sites excluding steroid dienone is 1. The molecule has 1 aliphatic rings. The van der Waals surface area contributed by atoms with E-state index in [1.165, 1.54) is 6.08 Å². The quantitative estimate of drug-likeness (QED) is 0.326. The summed E-state index contributed by atoms with van der Waals surface area (Å²) in [6.07, 6.45) is 3.15.